The molecule has 0 spiro atoms. The summed E-state index contributed by atoms with van der Waals surface area (Å²) in [7, 11) is 0. The standard InChI is InChI=1S/C18H24Cl2N4O2S/c1-12(2)10-24-16(22-23-18(24)27-3)5-4-8-21-17(25)11-26-15-9-13(19)6-7-14(15)20/h6-7,9,12H,4-5,8,10-11H2,1-3H3,(H,21,25). The lowest BCUT2D eigenvalue weighted by molar-refractivity contribution is -0.123. The maximum Gasteiger partial charge on any atom is 0.257 e. The van der Waals surface area contributed by atoms with Crippen molar-refractivity contribution in [1.82, 2.24) is 20.1 Å². The number of carbonyl (C=O) groups is 1. The molecule has 0 aliphatic heterocycles. The zero-order valence-electron chi connectivity index (χ0n) is 15.7. The summed E-state index contributed by atoms with van der Waals surface area (Å²) >= 11 is 13.5. The van der Waals surface area contributed by atoms with Gasteiger partial charge in [-0.05, 0) is 30.7 Å². The molecule has 2 rings (SSSR count). The van der Waals surface area contributed by atoms with E-state index in [1.165, 1.54) is 0 Å². The van der Waals surface area contributed by atoms with Crippen molar-refractivity contribution in [2.75, 3.05) is 19.4 Å². The van der Waals surface area contributed by atoms with Crippen LogP contribution in [0.2, 0.25) is 10.0 Å². The van der Waals surface area contributed by atoms with Gasteiger partial charge in [-0.3, -0.25) is 4.79 Å². The number of aromatic nitrogens is 3. The van der Waals surface area contributed by atoms with Gasteiger partial charge in [0.05, 0.1) is 5.02 Å². The molecule has 1 heterocycles. The molecule has 0 aliphatic carbocycles. The number of thioether (sulfide) groups is 1. The number of carbonyl (C=O) groups excluding carboxylic acids is 1. The van der Waals surface area contributed by atoms with Crippen molar-refractivity contribution in [1.29, 1.82) is 0 Å². The Balaban J connectivity index is 1.76. The average Bonchev–Trinajstić information content (AvgIpc) is 3.00. The molecule has 0 saturated carbocycles. The van der Waals surface area contributed by atoms with E-state index in [-0.39, 0.29) is 12.5 Å². The second-order valence-corrected chi connectivity index (χ2v) is 8.04. The number of hydrogen-bond acceptors (Lipinski definition) is 5. The Morgan fingerprint density at radius 3 is 2.81 bits per heavy atom. The molecule has 0 bridgehead atoms. The van der Waals surface area contributed by atoms with E-state index >= 15 is 0 Å². The second-order valence-electron chi connectivity index (χ2n) is 6.42. The van der Waals surface area contributed by atoms with Gasteiger partial charge < -0.3 is 14.6 Å². The average molecular weight is 431 g/mol. The Labute approximate surface area is 174 Å². The molecule has 148 valence electrons. The van der Waals surface area contributed by atoms with Gasteiger partial charge in [-0.2, -0.15) is 0 Å². The molecule has 1 aromatic heterocycles. The molecule has 9 heteroatoms. The predicted octanol–water partition coefficient (Wildman–Crippen LogP) is 4.09. The fraction of sp³-hybridized carbons (Fsp3) is 0.500. The molecule has 27 heavy (non-hydrogen) atoms. The Morgan fingerprint density at radius 1 is 1.33 bits per heavy atom. The zero-order chi connectivity index (χ0) is 19.8. The molecule has 2 aromatic rings. The fourth-order valence-corrected chi connectivity index (χ4v) is 3.32. The van der Waals surface area contributed by atoms with Crippen LogP contribution in [0, 0.1) is 5.92 Å². The van der Waals surface area contributed by atoms with Gasteiger partial charge in [0, 0.05) is 30.6 Å². The highest BCUT2D eigenvalue weighted by Crippen LogP contribution is 2.27. The number of benzene rings is 1. The van der Waals surface area contributed by atoms with Crippen molar-refractivity contribution in [3.8, 4) is 5.75 Å². The van der Waals surface area contributed by atoms with Crippen molar-refractivity contribution >= 4 is 40.9 Å². The van der Waals surface area contributed by atoms with E-state index in [1.807, 2.05) is 6.26 Å². The Morgan fingerprint density at radius 2 is 2.11 bits per heavy atom. The van der Waals surface area contributed by atoms with Gasteiger partial charge in [0.2, 0.25) is 0 Å². The zero-order valence-corrected chi connectivity index (χ0v) is 18.0. The Kier molecular flexibility index (Phi) is 8.73. The summed E-state index contributed by atoms with van der Waals surface area (Å²) < 4.78 is 7.57. The van der Waals surface area contributed by atoms with Crippen LogP contribution in [0.1, 0.15) is 26.1 Å². The van der Waals surface area contributed by atoms with Crippen LogP contribution in [-0.2, 0) is 17.8 Å². The Hall–Kier alpha value is -1.44. The summed E-state index contributed by atoms with van der Waals surface area (Å²) in [4.78, 5) is 11.9. The lowest BCUT2D eigenvalue weighted by Crippen LogP contribution is -2.30. The van der Waals surface area contributed by atoms with E-state index in [9.17, 15) is 4.79 Å². The lowest BCUT2D eigenvalue weighted by Gasteiger charge is -2.12. The number of ether oxygens (including phenoxy) is 1. The van der Waals surface area contributed by atoms with E-state index < -0.39 is 0 Å². The first-order valence-corrected chi connectivity index (χ1v) is 10.7. The van der Waals surface area contributed by atoms with Crippen LogP contribution < -0.4 is 10.1 Å². The second kappa shape index (κ2) is 10.8. The van der Waals surface area contributed by atoms with Gasteiger partial charge in [-0.25, -0.2) is 0 Å². The maximum atomic E-state index is 11.9. The monoisotopic (exact) mass is 430 g/mol. The molecule has 1 N–H and O–H groups in total. The first-order chi connectivity index (χ1) is 12.9. The fourth-order valence-electron chi connectivity index (χ4n) is 2.46. The van der Waals surface area contributed by atoms with Crippen LogP contribution >= 0.6 is 35.0 Å². The molecule has 0 unspecified atom stereocenters. The van der Waals surface area contributed by atoms with Gasteiger partial charge in [-0.1, -0.05) is 48.8 Å². The highest BCUT2D eigenvalue weighted by Gasteiger charge is 2.12. The van der Waals surface area contributed by atoms with Gasteiger partial charge in [0.1, 0.15) is 11.6 Å². The molecular weight excluding hydrogens is 407 g/mol. The third-order valence-corrected chi connectivity index (χ3v) is 4.89. The Bertz CT molecular complexity index is 768. The molecule has 1 amide bonds. The molecule has 0 aliphatic rings. The van der Waals surface area contributed by atoms with Crippen molar-refractivity contribution in [3.05, 3.63) is 34.1 Å². The van der Waals surface area contributed by atoms with Crippen LogP contribution in [0.5, 0.6) is 5.75 Å². The van der Waals surface area contributed by atoms with E-state index in [0.717, 1.165) is 30.4 Å². The number of hydrogen-bond donors (Lipinski definition) is 1. The summed E-state index contributed by atoms with van der Waals surface area (Å²) in [5, 5.41) is 13.2. The third kappa shape index (κ3) is 6.90. The van der Waals surface area contributed by atoms with Crippen molar-refractivity contribution in [2.45, 2.75) is 38.4 Å². The van der Waals surface area contributed by atoms with Crippen LogP contribution in [-0.4, -0.2) is 40.1 Å². The van der Waals surface area contributed by atoms with Gasteiger partial charge in [0.25, 0.3) is 5.91 Å². The summed E-state index contributed by atoms with van der Waals surface area (Å²) in [6.45, 7) is 5.65. The minimum absolute atomic E-state index is 0.111. The lowest BCUT2D eigenvalue weighted by atomic mass is 10.2. The van der Waals surface area contributed by atoms with Gasteiger partial charge in [0.15, 0.2) is 11.8 Å². The largest absolute Gasteiger partial charge is 0.482 e. The topological polar surface area (TPSA) is 69.0 Å². The van der Waals surface area contributed by atoms with Crippen molar-refractivity contribution in [2.24, 2.45) is 5.92 Å². The third-order valence-electron chi connectivity index (χ3n) is 3.68. The first-order valence-electron chi connectivity index (χ1n) is 8.71. The van der Waals surface area contributed by atoms with Crippen LogP contribution in [0.15, 0.2) is 23.4 Å². The summed E-state index contributed by atoms with van der Waals surface area (Å²) in [5.74, 6) is 1.65. The van der Waals surface area contributed by atoms with Crippen molar-refractivity contribution in [3.63, 3.8) is 0 Å². The predicted molar refractivity (Wildman–Crippen MR) is 110 cm³/mol. The van der Waals surface area contributed by atoms with E-state index in [2.05, 4.69) is 33.9 Å². The molecule has 0 saturated heterocycles. The SMILES string of the molecule is CSc1nnc(CCCNC(=O)COc2cc(Cl)ccc2Cl)n1CC(C)C. The smallest absolute Gasteiger partial charge is 0.257 e. The summed E-state index contributed by atoms with van der Waals surface area (Å²) in [6.07, 6.45) is 3.52. The molecule has 0 fully saturated rings. The summed E-state index contributed by atoms with van der Waals surface area (Å²) in [6, 6.07) is 4.88. The van der Waals surface area contributed by atoms with Crippen LogP contribution in [0.3, 0.4) is 0 Å². The van der Waals surface area contributed by atoms with E-state index in [0.29, 0.717) is 28.3 Å². The number of rotatable bonds is 10. The molecule has 0 atom stereocenters. The van der Waals surface area contributed by atoms with E-state index in [1.54, 1.807) is 30.0 Å². The highest BCUT2D eigenvalue weighted by molar-refractivity contribution is 7.98. The normalized spacial score (nSPS) is 11.0. The quantitative estimate of drug-likeness (QED) is 0.453. The minimum atomic E-state index is -0.209. The minimum Gasteiger partial charge on any atom is -0.482 e. The number of aryl methyl sites for hydroxylation is 1. The van der Waals surface area contributed by atoms with Gasteiger partial charge >= 0.3 is 0 Å². The molecule has 0 radical (unpaired) electrons. The van der Waals surface area contributed by atoms with Gasteiger partial charge in [-0.15, -0.1) is 10.2 Å². The van der Waals surface area contributed by atoms with Crippen LogP contribution in [0.25, 0.3) is 0 Å². The number of nitrogens with zero attached hydrogens (tertiary/aromatic N) is 3. The van der Waals surface area contributed by atoms with Crippen molar-refractivity contribution < 1.29 is 9.53 Å². The number of amides is 1. The highest BCUT2D eigenvalue weighted by atomic mass is 35.5. The first kappa shape index (κ1) is 21.9. The van der Waals surface area contributed by atoms with E-state index in [4.69, 9.17) is 27.9 Å². The summed E-state index contributed by atoms with van der Waals surface area (Å²) in [5.41, 5.74) is 0. The van der Waals surface area contributed by atoms with Crippen LogP contribution in [0.4, 0.5) is 0 Å². The number of nitrogens with one attached hydrogen (secondary N) is 1. The molecular formula is C18H24Cl2N4O2S. The number of halogens is 2. The molecule has 6 nitrogen and oxygen atoms in total. The maximum absolute atomic E-state index is 11.9. The molecule has 1 aromatic carbocycles.